The molecule has 17 heavy (non-hydrogen) atoms. The molecule has 3 rings (SSSR count). The van der Waals surface area contributed by atoms with Crippen molar-refractivity contribution in [2.45, 2.75) is 0 Å². The highest BCUT2D eigenvalue weighted by Gasteiger charge is 2.10. The fourth-order valence-corrected chi connectivity index (χ4v) is 2.72. The first-order valence-corrected chi connectivity index (χ1v) is 6.23. The number of hydrogen-bond donors (Lipinski definition) is 1. The summed E-state index contributed by atoms with van der Waals surface area (Å²) in [5.41, 5.74) is 1.25. The molecular weight excluding hydrogens is 256 g/mol. The lowest BCUT2D eigenvalue weighted by atomic mass is 10.1. The van der Waals surface area contributed by atoms with Gasteiger partial charge in [-0.15, -0.1) is 11.3 Å². The molecule has 3 aromatic rings. The van der Waals surface area contributed by atoms with Crippen molar-refractivity contribution in [2.75, 3.05) is 0 Å². The molecule has 0 aliphatic carbocycles. The van der Waals surface area contributed by atoms with Crippen molar-refractivity contribution in [3.05, 3.63) is 51.3 Å². The molecule has 0 fully saturated rings. The number of aromatic amines is 1. The van der Waals surface area contributed by atoms with Crippen LogP contribution in [0.5, 0.6) is 0 Å². The highest BCUT2D eigenvalue weighted by Crippen LogP contribution is 2.24. The number of thiophene rings is 1. The lowest BCUT2D eigenvalue weighted by Gasteiger charge is -2.02. The molecule has 0 aromatic carbocycles. The van der Waals surface area contributed by atoms with Crippen LogP contribution in [-0.4, -0.2) is 9.97 Å². The highest BCUT2D eigenvalue weighted by atomic mass is 35.5. The Morgan fingerprint density at radius 3 is 3.00 bits per heavy atom. The number of hydrogen-bond acceptors (Lipinski definition) is 3. The van der Waals surface area contributed by atoms with Crippen LogP contribution in [0.1, 0.15) is 0 Å². The second kappa shape index (κ2) is 3.98. The molecule has 3 heterocycles. The van der Waals surface area contributed by atoms with Gasteiger partial charge in [-0.05, 0) is 17.5 Å². The van der Waals surface area contributed by atoms with Crippen molar-refractivity contribution in [2.24, 2.45) is 0 Å². The summed E-state index contributed by atoms with van der Waals surface area (Å²) in [6.07, 6.45) is 3.29. The van der Waals surface area contributed by atoms with E-state index in [0.717, 1.165) is 4.88 Å². The van der Waals surface area contributed by atoms with Crippen molar-refractivity contribution >= 4 is 33.8 Å². The first-order valence-electron chi connectivity index (χ1n) is 4.97. The maximum Gasteiger partial charge on any atom is 0.201 e. The molecule has 3 aromatic heterocycles. The molecule has 0 aliphatic heterocycles. The Balaban J connectivity index is 2.41. The Kier molecular flexibility index (Phi) is 2.46. The van der Waals surface area contributed by atoms with Gasteiger partial charge in [0.25, 0.3) is 0 Å². The molecule has 0 atom stereocenters. The van der Waals surface area contributed by atoms with E-state index in [2.05, 4.69) is 9.97 Å². The predicted molar refractivity (Wildman–Crippen MR) is 70.7 cm³/mol. The van der Waals surface area contributed by atoms with Crippen LogP contribution in [-0.2, 0) is 0 Å². The standard InChI is InChI=1S/C12H7ClN2OS/c13-12-10-8(3-4-14-12)15-6-7(11(10)16)9-2-1-5-17-9/h1-6H,(H,15,16). The molecule has 0 saturated carbocycles. The number of rotatable bonds is 1. The van der Waals surface area contributed by atoms with E-state index in [1.807, 2.05) is 17.5 Å². The largest absolute Gasteiger partial charge is 0.360 e. The zero-order chi connectivity index (χ0) is 11.8. The van der Waals surface area contributed by atoms with Gasteiger partial charge in [-0.3, -0.25) is 4.79 Å². The average Bonchev–Trinajstić information content (AvgIpc) is 2.83. The van der Waals surface area contributed by atoms with Crippen molar-refractivity contribution in [1.29, 1.82) is 0 Å². The first-order chi connectivity index (χ1) is 8.27. The van der Waals surface area contributed by atoms with E-state index >= 15 is 0 Å². The van der Waals surface area contributed by atoms with Crippen molar-refractivity contribution in [1.82, 2.24) is 9.97 Å². The van der Waals surface area contributed by atoms with Gasteiger partial charge in [0, 0.05) is 17.3 Å². The number of fused-ring (bicyclic) bond motifs is 1. The summed E-state index contributed by atoms with van der Waals surface area (Å²) in [7, 11) is 0. The normalized spacial score (nSPS) is 10.9. The topological polar surface area (TPSA) is 45.8 Å². The van der Waals surface area contributed by atoms with Gasteiger partial charge in [0.2, 0.25) is 5.43 Å². The molecule has 0 unspecified atom stereocenters. The smallest absolute Gasteiger partial charge is 0.201 e. The molecule has 0 saturated heterocycles. The van der Waals surface area contributed by atoms with Gasteiger partial charge in [-0.25, -0.2) is 4.98 Å². The second-order valence-electron chi connectivity index (χ2n) is 3.53. The third kappa shape index (κ3) is 1.66. The molecule has 0 aliphatic rings. The van der Waals surface area contributed by atoms with Gasteiger partial charge >= 0.3 is 0 Å². The van der Waals surface area contributed by atoms with E-state index in [1.54, 1.807) is 18.5 Å². The van der Waals surface area contributed by atoms with Gasteiger partial charge in [0.1, 0.15) is 5.15 Å². The van der Waals surface area contributed by atoms with Crippen LogP contribution in [0.15, 0.2) is 40.8 Å². The summed E-state index contributed by atoms with van der Waals surface area (Å²) in [5.74, 6) is 0. The fourth-order valence-electron chi connectivity index (χ4n) is 1.74. The molecule has 84 valence electrons. The monoisotopic (exact) mass is 262 g/mol. The van der Waals surface area contributed by atoms with Crippen LogP contribution < -0.4 is 5.43 Å². The summed E-state index contributed by atoms with van der Waals surface area (Å²) in [5, 5.41) is 2.62. The Bertz CT molecular complexity index is 734. The average molecular weight is 263 g/mol. The minimum absolute atomic E-state index is 0.0840. The van der Waals surface area contributed by atoms with E-state index in [-0.39, 0.29) is 10.6 Å². The van der Waals surface area contributed by atoms with Gasteiger partial charge < -0.3 is 4.98 Å². The molecular formula is C12H7ClN2OS. The highest BCUT2D eigenvalue weighted by molar-refractivity contribution is 7.13. The van der Waals surface area contributed by atoms with Crippen molar-refractivity contribution in [3.8, 4) is 10.4 Å². The zero-order valence-corrected chi connectivity index (χ0v) is 10.2. The number of aromatic nitrogens is 2. The number of halogens is 1. The summed E-state index contributed by atoms with van der Waals surface area (Å²) >= 11 is 7.49. The van der Waals surface area contributed by atoms with Crippen LogP contribution in [0.4, 0.5) is 0 Å². The predicted octanol–water partition coefficient (Wildman–Crippen LogP) is 3.31. The third-order valence-corrected chi connectivity index (χ3v) is 3.72. The summed E-state index contributed by atoms with van der Waals surface area (Å²) < 4.78 is 0. The van der Waals surface area contributed by atoms with Crippen LogP contribution in [0.2, 0.25) is 5.15 Å². The Hall–Kier alpha value is -1.65. The molecule has 5 heteroatoms. The van der Waals surface area contributed by atoms with Gasteiger partial charge in [-0.2, -0.15) is 0 Å². The summed E-state index contributed by atoms with van der Waals surface area (Å²) in [4.78, 5) is 20.2. The number of nitrogens with zero attached hydrogens (tertiary/aromatic N) is 1. The first kappa shape index (κ1) is 10.5. The summed E-state index contributed by atoms with van der Waals surface area (Å²) in [6, 6.07) is 5.56. The van der Waals surface area contributed by atoms with E-state index in [9.17, 15) is 4.79 Å². The Morgan fingerprint density at radius 2 is 2.24 bits per heavy atom. The van der Waals surface area contributed by atoms with E-state index in [1.165, 1.54) is 11.3 Å². The Labute approximate surface area is 106 Å². The molecule has 0 spiro atoms. The van der Waals surface area contributed by atoms with Crippen LogP contribution in [0.25, 0.3) is 21.3 Å². The van der Waals surface area contributed by atoms with E-state index < -0.39 is 0 Å². The number of pyridine rings is 2. The lowest BCUT2D eigenvalue weighted by molar-refractivity contribution is 1.31. The molecule has 3 nitrogen and oxygen atoms in total. The fraction of sp³-hybridized carbons (Fsp3) is 0. The van der Waals surface area contributed by atoms with Crippen molar-refractivity contribution < 1.29 is 0 Å². The lowest BCUT2D eigenvalue weighted by Crippen LogP contribution is -2.06. The molecule has 0 amide bonds. The molecule has 0 bridgehead atoms. The molecule has 0 radical (unpaired) electrons. The second-order valence-corrected chi connectivity index (χ2v) is 4.84. The minimum atomic E-state index is -0.0840. The Morgan fingerprint density at radius 1 is 1.35 bits per heavy atom. The quantitative estimate of drug-likeness (QED) is 0.684. The summed E-state index contributed by atoms with van der Waals surface area (Å²) in [6.45, 7) is 0. The van der Waals surface area contributed by atoms with E-state index in [0.29, 0.717) is 16.5 Å². The van der Waals surface area contributed by atoms with Gasteiger partial charge in [-0.1, -0.05) is 17.7 Å². The van der Waals surface area contributed by atoms with E-state index in [4.69, 9.17) is 11.6 Å². The zero-order valence-electron chi connectivity index (χ0n) is 8.61. The SMILES string of the molecule is O=c1c(-c2cccs2)c[nH]c2ccnc(Cl)c12. The number of H-pyrrole nitrogens is 1. The third-order valence-electron chi connectivity index (χ3n) is 2.54. The maximum absolute atomic E-state index is 12.3. The number of nitrogens with one attached hydrogen (secondary N) is 1. The minimum Gasteiger partial charge on any atom is -0.360 e. The maximum atomic E-state index is 12.3. The van der Waals surface area contributed by atoms with Gasteiger partial charge in [0.05, 0.1) is 16.5 Å². The van der Waals surface area contributed by atoms with Crippen LogP contribution >= 0.6 is 22.9 Å². The van der Waals surface area contributed by atoms with Crippen LogP contribution in [0.3, 0.4) is 0 Å². The van der Waals surface area contributed by atoms with Crippen LogP contribution in [0, 0.1) is 0 Å². The van der Waals surface area contributed by atoms with Crippen molar-refractivity contribution in [3.63, 3.8) is 0 Å². The molecule has 1 N–H and O–H groups in total. The van der Waals surface area contributed by atoms with Gasteiger partial charge in [0.15, 0.2) is 0 Å².